The normalized spacial score (nSPS) is 12.1. The van der Waals surface area contributed by atoms with Gasteiger partial charge in [0.25, 0.3) is 0 Å². The number of carbonyl (C=O) groups is 2. The lowest BCUT2D eigenvalue weighted by Gasteiger charge is -2.11. The molecule has 1 aromatic heterocycles. The van der Waals surface area contributed by atoms with Crippen molar-refractivity contribution in [1.29, 1.82) is 0 Å². The first-order chi connectivity index (χ1) is 8.54. The van der Waals surface area contributed by atoms with Crippen molar-refractivity contribution in [3.63, 3.8) is 0 Å². The van der Waals surface area contributed by atoms with Crippen molar-refractivity contribution in [3.8, 4) is 0 Å². The van der Waals surface area contributed by atoms with Gasteiger partial charge in [0, 0.05) is 6.54 Å². The van der Waals surface area contributed by atoms with Crippen LogP contribution in [0.4, 0.5) is 0 Å². The lowest BCUT2D eigenvalue weighted by Crippen LogP contribution is -2.35. The van der Waals surface area contributed by atoms with Gasteiger partial charge in [0.15, 0.2) is 0 Å². The van der Waals surface area contributed by atoms with Crippen molar-refractivity contribution in [2.24, 2.45) is 0 Å². The number of aromatic carboxylic acids is 1. The van der Waals surface area contributed by atoms with E-state index >= 15 is 0 Å². The third kappa shape index (κ3) is 4.21. The predicted octanol–water partition coefficient (Wildman–Crippen LogP) is 1.15. The minimum atomic E-state index is -1.10. The largest absolute Gasteiger partial charge is 0.475 e. The molecule has 0 saturated carbocycles. The average molecular weight is 254 g/mol. The quantitative estimate of drug-likeness (QED) is 0.679. The van der Waals surface area contributed by atoms with E-state index in [4.69, 9.17) is 9.52 Å². The van der Waals surface area contributed by atoms with Crippen LogP contribution in [0.5, 0.6) is 0 Å². The van der Waals surface area contributed by atoms with E-state index in [1.54, 1.807) is 13.0 Å². The minimum Gasteiger partial charge on any atom is -0.475 e. The Kier molecular flexibility index (Phi) is 5.38. The standard InChI is InChI=1S/C12H18N2O4/c1-3-6-13-11(15)7-14-8(2)9-4-5-10(18-9)12(16)17/h4-5,8,14H,3,6-7H2,1-2H3,(H,13,15)(H,16,17). The van der Waals surface area contributed by atoms with Crippen molar-refractivity contribution >= 4 is 11.9 Å². The van der Waals surface area contributed by atoms with Crippen molar-refractivity contribution in [1.82, 2.24) is 10.6 Å². The van der Waals surface area contributed by atoms with Crippen molar-refractivity contribution in [2.75, 3.05) is 13.1 Å². The Morgan fingerprint density at radius 1 is 1.44 bits per heavy atom. The van der Waals surface area contributed by atoms with Crippen LogP contribution in [0.2, 0.25) is 0 Å². The zero-order valence-electron chi connectivity index (χ0n) is 10.5. The van der Waals surface area contributed by atoms with Gasteiger partial charge in [-0.3, -0.25) is 10.1 Å². The van der Waals surface area contributed by atoms with Crippen LogP contribution >= 0.6 is 0 Å². The van der Waals surface area contributed by atoms with E-state index in [9.17, 15) is 9.59 Å². The number of carboxylic acids is 1. The fraction of sp³-hybridized carbons (Fsp3) is 0.500. The van der Waals surface area contributed by atoms with E-state index in [0.29, 0.717) is 12.3 Å². The number of hydrogen-bond donors (Lipinski definition) is 3. The number of nitrogens with one attached hydrogen (secondary N) is 2. The van der Waals surface area contributed by atoms with Gasteiger partial charge in [-0.1, -0.05) is 6.92 Å². The molecule has 0 radical (unpaired) electrons. The summed E-state index contributed by atoms with van der Waals surface area (Å²) >= 11 is 0. The molecule has 1 amide bonds. The van der Waals surface area contributed by atoms with Crippen molar-refractivity contribution < 1.29 is 19.1 Å². The molecule has 100 valence electrons. The first-order valence-electron chi connectivity index (χ1n) is 5.87. The van der Waals surface area contributed by atoms with Gasteiger partial charge in [-0.25, -0.2) is 4.79 Å². The average Bonchev–Trinajstić information content (AvgIpc) is 2.83. The maximum absolute atomic E-state index is 11.4. The van der Waals surface area contributed by atoms with Crippen LogP contribution in [0.25, 0.3) is 0 Å². The second kappa shape index (κ2) is 6.80. The van der Waals surface area contributed by atoms with Gasteiger partial charge in [0.2, 0.25) is 11.7 Å². The molecule has 0 aliphatic carbocycles. The molecule has 1 heterocycles. The molecule has 18 heavy (non-hydrogen) atoms. The van der Waals surface area contributed by atoms with Crippen LogP contribution < -0.4 is 10.6 Å². The lowest BCUT2D eigenvalue weighted by molar-refractivity contribution is -0.120. The van der Waals surface area contributed by atoms with Crippen LogP contribution in [0.3, 0.4) is 0 Å². The van der Waals surface area contributed by atoms with Gasteiger partial charge in [-0.15, -0.1) is 0 Å². The minimum absolute atomic E-state index is 0.0892. The zero-order chi connectivity index (χ0) is 13.5. The molecule has 3 N–H and O–H groups in total. The highest BCUT2D eigenvalue weighted by atomic mass is 16.4. The van der Waals surface area contributed by atoms with Crippen LogP contribution in [0.1, 0.15) is 42.6 Å². The molecule has 0 aliphatic heterocycles. The molecule has 0 spiro atoms. The maximum atomic E-state index is 11.4. The number of amides is 1. The van der Waals surface area contributed by atoms with E-state index in [1.165, 1.54) is 6.07 Å². The smallest absolute Gasteiger partial charge is 0.371 e. The number of hydrogen-bond acceptors (Lipinski definition) is 4. The molecule has 0 saturated heterocycles. The molecular weight excluding hydrogens is 236 g/mol. The monoisotopic (exact) mass is 254 g/mol. The fourth-order valence-electron chi connectivity index (χ4n) is 1.37. The van der Waals surface area contributed by atoms with Gasteiger partial charge >= 0.3 is 5.97 Å². The van der Waals surface area contributed by atoms with Crippen LogP contribution in [-0.2, 0) is 4.79 Å². The van der Waals surface area contributed by atoms with Crippen LogP contribution in [0.15, 0.2) is 16.5 Å². The summed E-state index contributed by atoms with van der Waals surface area (Å²) < 4.78 is 5.13. The highest BCUT2D eigenvalue weighted by Gasteiger charge is 2.14. The second-order valence-electron chi connectivity index (χ2n) is 3.96. The van der Waals surface area contributed by atoms with Crippen molar-refractivity contribution in [3.05, 3.63) is 23.7 Å². The Hall–Kier alpha value is -1.82. The molecule has 0 aromatic carbocycles. The summed E-state index contributed by atoms with van der Waals surface area (Å²) in [5, 5.41) is 14.4. The summed E-state index contributed by atoms with van der Waals surface area (Å²) in [5.74, 6) is -0.798. The van der Waals surface area contributed by atoms with E-state index < -0.39 is 5.97 Å². The fourth-order valence-corrected chi connectivity index (χ4v) is 1.37. The van der Waals surface area contributed by atoms with E-state index in [2.05, 4.69) is 10.6 Å². The van der Waals surface area contributed by atoms with Crippen molar-refractivity contribution in [2.45, 2.75) is 26.3 Å². The number of carboxylic acid groups (broad SMARTS) is 1. The van der Waals surface area contributed by atoms with Crippen LogP contribution in [-0.4, -0.2) is 30.1 Å². The first kappa shape index (κ1) is 14.2. The molecule has 6 heteroatoms. The maximum Gasteiger partial charge on any atom is 0.371 e. The summed E-state index contributed by atoms with van der Waals surface area (Å²) in [6.45, 7) is 4.60. The molecule has 1 atom stereocenters. The topological polar surface area (TPSA) is 91.6 Å². The Bertz CT molecular complexity index is 414. The van der Waals surface area contributed by atoms with E-state index in [0.717, 1.165) is 6.42 Å². The Morgan fingerprint density at radius 2 is 2.17 bits per heavy atom. The first-order valence-corrected chi connectivity index (χ1v) is 5.87. The molecular formula is C12H18N2O4. The SMILES string of the molecule is CCCNC(=O)CNC(C)c1ccc(C(=O)O)o1. The number of furan rings is 1. The molecule has 1 unspecified atom stereocenters. The predicted molar refractivity (Wildman–Crippen MR) is 65.4 cm³/mol. The van der Waals surface area contributed by atoms with E-state index in [-0.39, 0.29) is 24.3 Å². The molecule has 6 nitrogen and oxygen atoms in total. The van der Waals surface area contributed by atoms with Crippen LogP contribution in [0, 0.1) is 0 Å². The molecule has 1 rings (SSSR count). The molecule has 0 aliphatic rings. The van der Waals surface area contributed by atoms with Gasteiger partial charge < -0.3 is 14.8 Å². The highest BCUT2D eigenvalue weighted by Crippen LogP contribution is 2.15. The Morgan fingerprint density at radius 3 is 2.72 bits per heavy atom. The Labute approximate surface area is 105 Å². The van der Waals surface area contributed by atoms with Gasteiger partial charge in [0.05, 0.1) is 12.6 Å². The van der Waals surface area contributed by atoms with E-state index in [1.807, 2.05) is 6.92 Å². The molecule has 1 aromatic rings. The van der Waals surface area contributed by atoms with Gasteiger partial charge in [-0.05, 0) is 25.5 Å². The molecule has 0 fully saturated rings. The van der Waals surface area contributed by atoms with Gasteiger partial charge in [0.1, 0.15) is 5.76 Å². The Balaban J connectivity index is 2.42. The molecule has 0 bridgehead atoms. The second-order valence-corrected chi connectivity index (χ2v) is 3.96. The summed E-state index contributed by atoms with van der Waals surface area (Å²) in [4.78, 5) is 22.0. The lowest BCUT2D eigenvalue weighted by atomic mass is 10.2. The summed E-state index contributed by atoms with van der Waals surface area (Å²) in [6, 6.07) is 2.77. The third-order valence-corrected chi connectivity index (χ3v) is 2.41. The van der Waals surface area contributed by atoms with Gasteiger partial charge in [-0.2, -0.15) is 0 Å². The zero-order valence-corrected chi connectivity index (χ0v) is 10.5. The number of carbonyl (C=O) groups excluding carboxylic acids is 1. The number of rotatable bonds is 7. The third-order valence-electron chi connectivity index (χ3n) is 2.41. The summed E-state index contributed by atoms with van der Waals surface area (Å²) in [6.07, 6.45) is 0.890. The highest BCUT2D eigenvalue weighted by molar-refractivity contribution is 5.84. The summed E-state index contributed by atoms with van der Waals surface area (Å²) in [5.41, 5.74) is 0. The summed E-state index contributed by atoms with van der Waals surface area (Å²) in [7, 11) is 0.